The Hall–Kier alpha value is -1.30. The number of aliphatic hydroxyl groups is 4. The van der Waals surface area contributed by atoms with E-state index in [1.54, 1.807) is 0 Å². The molecule has 0 aliphatic carbocycles. The molecule has 0 rings (SSSR count). The normalized spacial score (nSPS) is 16.8. The summed E-state index contributed by atoms with van der Waals surface area (Å²) in [6.07, 6.45) is -8.98. The van der Waals surface area contributed by atoms with E-state index in [0.717, 1.165) is 0 Å². The Morgan fingerprint density at radius 3 is 1.40 bits per heavy atom. The van der Waals surface area contributed by atoms with E-state index in [1.165, 1.54) is 0 Å². The number of carboxylic acid groups (broad SMARTS) is 1. The molecule has 0 aromatic carbocycles. The van der Waals surface area contributed by atoms with Gasteiger partial charge >= 0.3 is 11.9 Å². The highest BCUT2D eigenvalue weighted by Crippen LogP contribution is 2.21. The standard InChI is InChI=1S/C20H40N2O8/c1-10(2)21(11(3)4)18(22(12(5)6)13(7)8)20(29)30-9-14(23)15(24)16(25)17(26)19(27)28/h10-18,23-26H,9H2,1-8H3,(H,27,28)/t14-,15-,16+,17-/m0/s1. The van der Waals surface area contributed by atoms with Crippen LogP contribution < -0.4 is 0 Å². The first-order valence-electron chi connectivity index (χ1n) is 10.3. The zero-order chi connectivity index (χ0) is 23.9. The average Bonchev–Trinajstić information content (AvgIpc) is 2.61. The molecule has 0 spiro atoms. The minimum absolute atomic E-state index is 0.00518. The third-order valence-corrected chi connectivity index (χ3v) is 4.88. The number of hydrogen-bond acceptors (Lipinski definition) is 9. The number of nitrogens with zero attached hydrogens (tertiary/aromatic N) is 2. The molecular formula is C20H40N2O8. The highest BCUT2D eigenvalue weighted by Gasteiger charge is 2.40. The van der Waals surface area contributed by atoms with Crippen LogP contribution >= 0.6 is 0 Å². The second kappa shape index (κ2) is 12.5. The largest absolute Gasteiger partial charge is 0.479 e. The zero-order valence-electron chi connectivity index (χ0n) is 19.3. The fourth-order valence-corrected chi connectivity index (χ4v) is 3.62. The van der Waals surface area contributed by atoms with Crippen molar-refractivity contribution in [2.24, 2.45) is 0 Å². The number of aliphatic carboxylic acids is 1. The summed E-state index contributed by atoms with van der Waals surface area (Å²) in [5, 5.41) is 47.6. The molecule has 0 aromatic heterocycles. The van der Waals surface area contributed by atoms with Crippen LogP contribution in [0.15, 0.2) is 0 Å². The minimum atomic E-state index is -2.28. The van der Waals surface area contributed by atoms with Crippen LogP contribution in [0.5, 0.6) is 0 Å². The van der Waals surface area contributed by atoms with Gasteiger partial charge in [-0.15, -0.1) is 0 Å². The number of ether oxygens (including phenoxy) is 1. The molecule has 10 heteroatoms. The van der Waals surface area contributed by atoms with Crippen molar-refractivity contribution >= 4 is 11.9 Å². The summed E-state index contributed by atoms with van der Waals surface area (Å²) in [5.74, 6) is -2.39. The van der Waals surface area contributed by atoms with Crippen molar-refractivity contribution < 1.29 is 39.9 Å². The van der Waals surface area contributed by atoms with Crippen LogP contribution in [0.2, 0.25) is 0 Å². The summed E-state index contributed by atoms with van der Waals surface area (Å²) in [4.78, 5) is 27.8. The maximum absolute atomic E-state index is 13.1. The second-order valence-corrected chi connectivity index (χ2v) is 8.60. The monoisotopic (exact) mass is 436 g/mol. The first kappa shape index (κ1) is 28.7. The molecule has 10 nitrogen and oxygen atoms in total. The molecule has 0 amide bonds. The van der Waals surface area contributed by atoms with Crippen molar-refractivity contribution in [1.29, 1.82) is 0 Å². The SMILES string of the molecule is CC(C)N(C(C)C)C(C(=O)OC[C@H](O)[C@H](O)[C@@H](O)[C@H](O)C(=O)O)N(C(C)C)C(C)C. The highest BCUT2D eigenvalue weighted by molar-refractivity contribution is 5.75. The highest BCUT2D eigenvalue weighted by atomic mass is 16.5. The molecule has 30 heavy (non-hydrogen) atoms. The first-order chi connectivity index (χ1) is 13.6. The fraction of sp³-hybridized carbons (Fsp3) is 0.900. The lowest BCUT2D eigenvalue weighted by Gasteiger charge is -2.46. The van der Waals surface area contributed by atoms with Crippen molar-refractivity contribution in [3.63, 3.8) is 0 Å². The molecule has 0 aliphatic rings. The van der Waals surface area contributed by atoms with E-state index in [0.29, 0.717) is 0 Å². The average molecular weight is 437 g/mol. The molecule has 178 valence electrons. The van der Waals surface area contributed by atoms with Crippen molar-refractivity contribution in [3.05, 3.63) is 0 Å². The van der Waals surface area contributed by atoms with Gasteiger partial charge in [-0.3, -0.25) is 9.80 Å². The Kier molecular flexibility index (Phi) is 12.0. The molecule has 0 aliphatic heterocycles. The van der Waals surface area contributed by atoms with Crippen LogP contribution in [0, 0.1) is 0 Å². The first-order valence-corrected chi connectivity index (χ1v) is 10.3. The van der Waals surface area contributed by atoms with Gasteiger partial charge in [0.15, 0.2) is 12.3 Å². The molecule has 5 N–H and O–H groups in total. The van der Waals surface area contributed by atoms with Crippen LogP contribution in [0.3, 0.4) is 0 Å². The van der Waals surface area contributed by atoms with Gasteiger partial charge in [0, 0.05) is 24.2 Å². The maximum atomic E-state index is 13.1. The Morgan fingerprint density at radius 2 is 1.10 bits per heavy atom. The molecule has 0 radical (unpaired) electrons. The van der Waals surface area contributed by atoms with E-state index >= 15 is 0 Å². The van der Waals surface area contributed by atoms with Gasteiger partial charge < -0.3 is 30.3 Å². The van der Waals surface area contributed by atoms with Crippen molar-refractivity contribution in [1.82, 2.24) is 9.80 Å². The van der Waals surface area contributed by atoms with Gasteiger partial charge in [0.1, 0.15) is 24.9 Å². The van der Waals surface area contributed by atoms with E-state index in [4.69, 9.17) is 9.84 Å². The maximum Gasteiger partial charge on any atom is 0.338 e. The number of carboxylic acids is 1. The topological polar surface area (TPSA) is 151 Å². The van der Waals surface area contributed by atoms with Crippen molar-refractivity contribution in [3.8, 4) is 0 Å². The Bertz CT molecular complexity index is 505. The zero-order valence-corrected chi connectivity index (χ0v) is 19.3. The van der Waals surface area contributed by atoms with Crippen LogP contribution in [0.4, 0.5) is 0 Å². The van der Waals surface area contributed by atoms with Gasteiger partial charge in [0.25, 0.3) is 0 Å². The van der Waals surface area contributed by atoms with E-state index < -0.39 is 49.1 Å². The minimum Gasteiger partial charge on any atom is -0.479 e. The second-order valence-electron chi connectivity index (χ2n) is 8.60. The molecule has 0 unspecified atom stereocenters. The third-order valence-electron chi connectivity index (χ3n) is 4.88. The van der Waals surface area contributed by atoms with Gasteiger partial charge in [-0.25, -0.2) is 9.59 Å². The third kappa shape index (κ3) is 7.75. The summed E-state index contributed by atoms with van der Waals surface area (Å²) in [7, 11) is 0. The number of aliphatic hydroxyl groups excluding tert-OH is 4. The van der Waals surface area contributed by atoms with Gasteiger partial charge in [0.2, 0.25) is 0 Å². The summed E-state index contributed by atoms with van der Waals surface area (Å²) in [6, 6.07) is 0.0207. The van der Waals surface area contributed by atoms with Gasteiger partial charge in [-0.05, 0) is 55.4 Å². The smallest absolute Gasteiger partial charge is 0.338 e. The number of carbonyl (C=O) groups is 2. The molecule has 0 bridgehead atoms. The molecule has 0 fully saturated rings. The fourth-order valence-electron chi connectivity index (χ4n) is 3.62. The number of rotatable bonds is 13. The lowest BCUT2D eigenvalue weighted by molar-refractivity contribution is -0.177. The number of hydrogen-bond donors (Lipinski definition) is 5. The van der Waals surface area contributed by atoms with Crippen LogP contribution in [-0.4, -0.2) is 109 Å². The van der Waals surface area contributed by atoms with Gasteiger partial charge in [-0.1, -0.05) is 0 Å². The van der Waals surface area contributed by atoms with Crippen LogP contribution in [-0.2, 0) is 14.3 Å². The van der Waals surface area contributed by atoms with Gasteiger partial charge in [0.05, 0.1) is 0 Å². The summed E-state index contributed by atoms with van der Waals surface area (Å²) >= 11 is 0. The van der Waals surface area contributed by atoms with Gasteiger partial charge in [-0.2, -0.15) is 0 Å². The molecule has 0 saturated carbocycles. The van der Waals surface area contributed by atoms with E-state index in [-0.39, 0.29) is 24.2 Å². The van der Waals surface area contributed by atoms with E-state index in [9.17, 15) is 30.0 Å². The van der Waals surface area contributed by atoms with Crippen LogP contribution in [0.1, 0.15) is 55.4 Å². The number of esters is 1. The van der Waals surface area contributed by atoms with E-state index in [2.05, 4.69) is 0 Å². The molecule has 4 atom stereocenters. The quantitative estimate of drug-likeness (QED) is 0.191. The predicted octanol–water partition coefficient (Wildman–Crippen LogP) is -0.378. The van der Waals surface area contributed by atoms with Crippen molar-refractivity contribution in [2.75, 3.05) is 6.61 Å². The Morgan fingerprint density at radius 1 is 0.733 bits per heavy atom. The molecule has 0 saturated heterocycles. The predicted molar refractivity (Wildman–Crippen MR) is 111 cm³/mol. The van der Waals surface area contributed by atoms with E-state index in [1.807, 2.05) is 65.2 Å². The molecule has 0 aromatic rings. The lowest BCUT2D eigenvalue weighted by Crippen LogP contribution is -2.62. The number of carbonyl (C=O) groups excluding carboxylic acids is 1. The Balaban J connectivity index is 5.55. The summed E-state index contributed by atoms with van der Waals surface area (Å²) < 4.78 is 5.27. The molecular weight excluding hydrogens is 396 g/mol. The lowest BCUT2D eigenvalue weighted by atomic mass is 10.0. The van der Waals surface area contributed by atoms with Crippen LogP contribution in [0.25, 0.3) is 0 Å². The Labute approximate surface area is 179 Å². The molecule has 0 heterocycles. The summed E-state index contributed by atoms with van der Waals surface area (Å²) in [6.45, 7) is 15.0. The van der Waals surface area contributed by atoms with Crippen molar-refractivity contribution in [2.45, 2.75) is 110 Å². The summed E-state index contributed by atoms with van der Waals surface area (Å²) in [5.41, 5.74) is 0.